The second-order valence-electron chi connectivity index (χ2n) is 9.63. The number of rotatable bonds is 9. The highest BCUT2D eigenvalue weighted by molar-refractivity contribution is 5.82. The number of aromatic nitrogens is 1. The molecule has 1 aromatic heterocycles. The van der Waals surface area contributed by atoms with Crippen molar-refractivity contribution in [1.82, 2.24) is 9.88 Å². The van der Waals surface area contributed by atoms with Crippen molar-refractivity contribution in [2.75, 3.05) is 13.7 Å². The van der Waals surface area contributed by atoms with E-state index in [0.29, 0.717) is 37.5 Å². The summed E-state index contributed by atoms with van der Waals surface area (Å²) in [5.74, 6) is 1.64. The maximum Gasteiger partial charge on any atom is 0.411 e. The Hall–Kier alpha value is -4.59. The number of carbonyl (C=O) groups excluding carboxylic acids is 2. The first-order valence-corrected chi connectivity index (χ1v) is 13.3. The Balaban J connectivity index is 1.21. The van der Waals surface area contributed by atoms with Gasteiger partial charge in [0.25, 0.3) is 0 Å². The summed E-state index contributed by atoms with van der Waals surface area (Å²) in [6.45, 7) is 2.47. The van der Waals surface area contributed by atoms with E-state index in [0.717, 1.165) is 28.1 Å². The molecule has 0 saturated carbocycles. The Morgan fingerprint density at radius 3 is 2.35 bits per heavy atom. The topological polar surface area (TPSA) is 91.1 Å². The number of carbonyl (C=O) groups is 2. The van der Waals surface area contributed by atoms with E-state index in [9.17, 15) is 9.59 Å². The third-order valence-electron chi connectivity index (χ3n) is 7.06. The lowest BCUT2D eigenvalue weighted by Crippen LogP contribution is -2.42. The van der Waals surface area contributed by atoms with Crippen LogP contribution in [0.15, 0.2) is 89.3 Å². The highest BCUT2D eigenvalue weighted by atomic mass is 16.6. The van der Waals surface area contributed by atoms with Crippen molar-refractivity contribution < 1.29 is 28.2 Å². The quantitative estimate of drug-likeness (QED) is 0.231. The number of hydrogen-bond donors (Lipinski definition) is 0. The van der Waals surface area contributed by atoms with Gasteiger partial charge in [-0.25, -0.2) is 14.6 Å². The van der Waals surface area contributed by atoms with Crippen molar-refractivity contribution in [3.8, 4) is 17.2 Å². The van der Waals surface area contributed by atoms with Gasteiger partial charge in [0, 0.05) is 12.0 Å². The first-order chi connectivity index (χ1) is 19.5. The van der Waals surface area contributed by atoms with Gasteiger partial charge in [0.2, 0.25) is 5.89 Å². The second-order valence-corrected chi connectivity index (χ2v) is 9.63. The molecule has 0 N–H and O–H groups in total. The summed E-state index contributed by atoms with van der Waals surface area (Å²) in [6.07, 6.45) is 1.18. The largest absolute Gasteiger partial charge is 0.493 e. The van der Waals surface area contributed by atoms with Crippen LogP contribution in [0.3, 0.4) is 0 Å². The summed E-state index contributed by atoms with van der Waals surface area (Å²) >= 11 is 0. The number of ether oxygens (including phenoxy) is 3. The molecule has 2 heterocycles. The van der Waals surface area contributed by atoms with Crippen molar-refractivity contribution >= 4 is 12.1 Å². The lowest BCUT2D eigenvalue weighted by molar-refractivity contribution is -0.145. The van der Waals surface area contributed by atoms with E-state index in [4.69, 9.17) is 18.6 Å². The zero-order valence-corrected chi connectivity index (χ0v) is 22.6. The van der Waals surface area contributed by atoms with Crippen LogP contribution in [-0.4, -0.2) is 41.7 Å². The Labute approximate surface area is 233 Å². The van der Waals surface area contributed by atoms with Crippen LogP contribution in [0.4, 0.5) is 4.79 Å². The number of benzene rings is 3. The number of oxazole rings is 1. The van der Waals surface area contributed by atoms with E-state index < -0.39 is 18.1 Å². The van der Waals surface area contributed by atoms with E-state index in [1.54, 1.807) is 0 Å². The van der Waals surface area contributed by atoms with E-state index in [1.165, 1.54) is 12.0 Å². The Kier molecular flexibility index (Phi) is 8.44. The minimum atomic E-state index is -0.694. The molecular formula is C32H32N2O6. The molecule has 206 valence electrons. The monoisotopic (exact) mass is 540 g/mol. The van der Waals surface area contributed by atoms with Crippen LogP contribution in [0.25, 0.3) is 11.5 Å². The fourth-order valence-electron chi connectivity index (χ4n) is 4.97. The molecule has 8 nitrogen and oxygen atoms in total. The molecule has 0 aliphatic carbocycles. The zero-order valence-electron chi connectivity index (χ0n) is 22.6. The molecule has 8 heteroatoms. The SMILES string of the molecule is COC(=O)[C@H]1CC[C@H](c2ccc(OCCc3nc(-c4ccccc4)oc3C)cc2)N1C(=O)OCc1ccccc1. The van der Waals surface area contributed by atoms with Crippen molar-refractivity contribution in [2.45, 2.75) is 44.9 Å². The van der Waals surface area contributed by atoms with Crippen LogP contribution in [0, 0.1) is 6.92 Å². The minimum absolute atomic E-state index is 0.126. The summed E-state index contributed by atoms with van der Waals surface area (Å²) in [6, 6.07) is 25.8. The predicted octanol–water partition coefficient (Wildman–Crippen LogP) is 6.29. The van der Waals surface area contributed by atoms with Gasteiger partial charge in [0.15, 0.2) is 0 Å². The number of aryl methyl sites for hydroxylation is 1. The van der Waals surface area contributed by atoms with E-state index in [-0.39, 0.29) is 12.6 Å². The molecule has 1 amide bonds. The molecule has 1 saturated heterocycles. The molecule has 4 aromatic rings. The van der Waals surface area contributed by atoms with Crippen LogP contribution in [0.1, 0.15) is 41.5 Å². The van der Waals surface area contributed by atoms with Crippen LogP contribution in [-0.2, 0) is 27.3 Å². The molecule has 1 fully saturated rings. The Morgan fingerprint density at radius 2 is 1.65 bits per heavy atom. The molecule has 0 unspecified atom stereocenters. The highest BCUT2D eigenvalue weighted by Crippen LogP contribution is 2.38. The van der Waals surface area contributed by atoms with Crippen LogP contribution in [0.2, 0.25) is 0 Å². The number of amides is 1. The van der Waals surface area contributed by atoms with Crippen LogP contribution >= 0.6 is 0 Å². The Morgan fingerprint density at radius 1 is 0.950 bits per heavy atom. The molecule has 2 atom stereocenters. The average molecular weight is 541 g/mol. The highest BCUT2D eigenvalue weighted by Gasteiger charge is 2.43. The van der Waals surface area contributed by atoms with E-state index in [2.05, 4.69) is 4.98 Å². The molecule has 0 radical (unpaired) electrons. The summed E-state index contributed by atoms with van der Waals surface area (Å²) in [5, 5.41) is 0. The van der Waals surface area contributed by atoms with Gasteiger partial charge in [-0.1, -0.05) is 60.7 Å². The predicted molar refractivity (Wildman–Crippen MR) is 149 cm³/mol. The third-order valence-corrected chi connectivity index (χ3v) is 7.06. The molecule has 0 spiro atoms. The number of methoxy groups -OCH3 is 1. The maximum atomic E-state index is 13.2. The first-order valence-electron chi connectivity index (χ1n) is 13.3. The molecular weight excluding hydrogens is 508 g/mol. The smallest absolute Gasteiger partial charge is 0.411 e. The fourth-order valence-corrected chi connectivity index (χ4v) is 4.97. The average Bonchev–Trinajstić information content (AvgIpc) is 3.61. The zero-order chi connectivity index (χ0) is 27.9. The third kappa shape index (κ3) is 6.17. The van der Waals surface area contributed by atoms with Crippen molar-refractivity contribution in [2.24, 2.45) is 0 Å². The van der Waals surface area contributed by atoms with Crippen LogP contribution < -0.4 is 4.74 Å². The number of nitrogens with zero attached hydrogens (tertiary/aromatic N) is 2. The summed E-state index contributed by atoms with van der Waals surface area (Å²) in [5.41, 5.74) is 3.57. The Bertz CT molecular complexity index is 1420. The van der Waals surface area contributed by atoms with Crippen LogP contribution in [0.5, 0.6) is 5.75 Å². The molecule has 5 rings (SSSR count). The van der Waals surface area contributed by atoms with Gasteiger partial charge >= 0.3 is 12.1 Å². The van der Waals surface area contributed by atoms with Crippen molar-refractivity contribution in [3.63, 3.8) is 0 Å². The summed E-state index contributed by atoms with van der Waals surface area (Å²) < 4.78 is 22.4. The van der Waals surface area contributed by atoms with E-state index >= 15 is 0 Å². The van der Waals surface area contributed by atoms with Gasteiger partial charge in [-0.2, -0.15) is 0 Å². The molecule has 3 aromatic carbocycles. The van der Waals surface area contributed by atoms with Gasteiger partial charge in [-0.3, -0.25) is 4.90 Å². The normalized spacial score (nSPS) is 16.5. The lowest BCUT2D eigenvalue weighted by atomic mass is 10.0. The number of likely N-dealkylation sites (tertiary alicyclic amines) is 1. The standard InChI is InChI=1S/C32H32N2O6/c1-22-27(33-30(40-22)25-11-7-4-8-12-25)19-20-38-26-15-13-24(14-16-26)28-17-18-29(31(35)37-2)34(28)32(36)39-21-23-9-5-3-6-10-23/h3-16,28-29H,17-21H2,1-2H3/t28-,29-/m1/s1. The van der Waals surface area contributed by atoms with Gasteiger partial charge in [-0.05, 0) is 55.2 Å². The van der Waals surface area contributed by atoms with Gasteiger partial charge in [0.1, 0.15) is 24.2 Å². The molecule has 40 heavy (non-hydrogen) atoms. The summed E-state index contributed by atoms with van der Waals surface area (Å²) in [4.78, 5) is 31.8. The van der Waals surface area contributed by atoms with Gasteiger partial charge < -0.3 is 18.6 Å². The molecule has 0 bridgehead atoms. The second kappa shape index (κ2) is 12.5. The fraction of sp³-hybridized carbons (Fsp3) is 0.281. The van der Waals surface area contributed by atoms with Crippen molar-refractivity contribution in [3.05, 3.63) is 108 Å². The number of esters is 1. The number of hydrogen-bond acceptors (Lipinski definition) is 7. The van der Waals surface area contributed by atoms with Gasteiger partial charge in [-0.15, -0.1) is 0 Å². The van der Waals surface area contributed by atoms with E-state index in [1.807, 2.05) is 91.9 Å². The van der Waals surface area contributed by atoms with Gasteiger partial charge in [0.05, 0.1) is 25.5 Å². The lowest BCUT2D eigenvalue weighted by Gasteiger charge is -2.28. The molecule has 1 aliphatic rings. The molecule has 1 aliphatic heterocycles. The first kappa shape index (κ1) is 27.0. The van der Waals surface area contributed by atoms with Crippen molar-refractivity contribution in [1.29, 1.82) is 0 Å². The minimum Gasteiger partial charge on any atom is -0.493 e. The maximum absolute atomic E-state index is 13.2. The summed E-state index contributed by atoms with van der Waals surface area (Å²) in [7, 11) is 1.33.